The molecule has 14 N–H and O–H groups in total. The third-order valence-corrected chi connectivity index (χ3v) is 6.51. The van der Waals surface area contributed by atoms with Crippen molar-refractivity contribution >= 4 is 72.0 Å². The average molecular weight is 710 g/mol. The van der Waals surface area contributed by atoms with Gasteiger partial charge in [-0.25, -0.2) is 4.79 Å². The number of thiol groups is 1. The lowest BCUT2D eigenvalue weighted by Crippen LogP contribution is -2.60. The Morgan fingerprint density at radius 2 is 0.833 bits per heavy atom. The molecule has 6 atom stereocenters. The number of carbonyl (C=O) groups excluding carboxylic acids is 5. The molecule has 0 radical (unpaired) electrons. The van der Waals surface area contributed by atoms with Gasteiger partial charge in [0.15, 0.2) is 0 Å². The summed E-state index contributed by atoms with van der Waals surface area (Å²) in [6, 6.07) is -10.8. The minimum atomic E-state index is -2.10. The molecule has 0 aliphatic carbocycles. The molecule has 0 saturated heterocycles. The van der Waals surface area contributed by atoms with Gasteiger partial charge in [-0.15, -0.1) is 0 Å². The molecule has 0 saturated carbocycles. The molecule has 0 heterocycles. The van der Waals surface area contributed by atoms with Crippen molar-refractivity contribution in [2.75, 3.05) is 12.3 Å². The van der Waals surface area contributed by atoms with Gasteiger partial charge in [0.25, 0.3) is 0 Å². The summed E-state index contributed by atoms with van der Waals surface area (Å²) < 4.78 is 0. The van der Waals surface area contributed by atoms with Gasteiger partial charge in [0.2, 0.25) is 29.5 Å². The number of rotatable bonds is 24. The van der Waals surface area contributed by atoms with E-state index < -0.39 is 121 Å². The van der Waals surface area contributed by atoms with E-state index in [1.54, 1.807) is 0 Å². The molecule has 0 spiro atoms. The van der Waals surface area contributed by atoms with Crippen molar-refractivity contribution in [3.8, 4) is 0 Å². The van der Waals surface area contributed by atoms with Crippen LogP contribution in [-0.4, -0.2) is 133 Å². The van der Waals surface area contributed by atoms with Gasteiger partial charge >= 0.3 is 29.8 Å². The second-order valence-electron chi connectivity index (χ2n) is 10.1. The molecule has 0 rings (SSSR count). The summed E-state index contributed by atoms with van der Waals surface area (Å²) in [5.74, 6) is -14.7. The first kappa shape index (κ1) is 43.0. The summed E-state index contributed by atoms with van der Waals surface area (Å²) in [7, 11) is 0. The first-order chi connectivity index (χ1) is 22.3. The number of nitrogens with one attached hydrogen (secondary N) is 5. The molecule has 0 bridgehead atoms. The normalized spacial score (nSPS) is 14.4. The first-order valence-electron chi connectivity index (χ1n) is 14.0. The monoisotopic (exact) mass is 709 g/mol. The summed E-state index contributed by atoms with van der Waals surface area (Å²) in [4.78, 5) is 121. The van der Waals surface area contributed by atoms with Crippen molar-refractivity contribution in [3.05, 3.63) is 0 Å². The Labute approximate surface area is 277 Å². The van der Waals surface area contributed by atoms with E-state index in [4.69, 9.17) is 21.7 Å². The Bertz CT molecular complexity index is 1230. The maximum Gasteiger partial charge on any atom is 0.327 e. The molecule has 0 aromatic rings. The largest absolute Gasteiger partial charge is 0.481 e. The van der Waals surface area contributed by atoms with Crippen LogP contribution in [0, 0.1) is 0 Å². The fourth-order valence-electron chi connectivity index (χ4n) is 3.75. The van der Waals surface area contributed by atoms with Crippen LogP contribution in [0.4, 0.5) is 0 Å². The van der Waals surface area contributed by atoms with Crippen LogP contribution < -0.4 is 38.1 Å². The fourth-order valence-corrected chi connectivity index (χ4v) is 4.00. The SMILES string of the molecule is NCCCC[C@H](NC(=O)[C@H](CC(=O)O)NC(=O)[C@H](CC(=O)O)NC(=O)[C@H](CC(=O)O)NC(=O)[C@@H](N)CC(=O)O)C(=O)N[C@@H](CS)C(=O)O. The standard InChI is InChI=1S/C25H39N7O15S/c26-4-2-1-3-11(21(42)32-15(9-48)25(46)47)28-22(43)13(7-18(37)38)30-24(45)14(8-19(39)40)31-23(44)12(6-17(35)36)29-20(41)10(27)5-16(33)34/h10-15,48H,1-9,26-27H2,(H,28,43)(H,29,41)(H,30,45)(H,31,44)(H,32,42)(H,33,34)(H,35,36)(H,37,38)(H,39,40)(H,46,47)/t10-,11-,12-,13-,14-,15-/m0/s1. The van der Waals surface area contributed by atoms with Crippen molar-refractivity contribution < 1.29 is 73.5 Å². The van der Waals surface area contributed by atoms with E-state index in [1.165, 1.54) is 0 Å². The second kappa shape index (κ2) is 21.7. The quantitative estimate of drug-likeness (QED) is 0.0329. The Kier molecular flexibility index (Phi) is 19.4. The van der Waals surface area contributed by atoms with Crippen molar-refractivity contribution in [1.29, 1.82) is 0 Å². The topological polar surface area (TPSA) is 384 Å². The second-order valence-corrected chi connectivity index (χ2v) is 10.5. The highest BCUT2D eigenvalue weighted by Crippen LogP contribution is 2.06. The molecular formula is C25H39N7O15S. The Balaban J connectivity index is 6.14. The minimum Gasteiger partial charge on any atom is -0.481 e. The highest BCUT2D eigenvalue weighted by atomic mass is 32.1. The summed E-state index contributed by atoms with van der Waals surface area (Å²) in [6.45, 7) is 0.192. The summed E-state index contributed by atoms with van der Waals surface area (Å²) in [5.41, 5.74) is 10.9. The molecule has 0 aromatic carbocycles. The number of hydrogen-bond acceptors (Lipinski definition) is 13. The van der Waals surface area contributed by atoms with Gasteiger partial charge in [-0.1, -0.05) is 0 Å². The van der Waals surface area contributed by atoms with Crippen molar-refractivity contribution in [1.82, 2.24) is 26.6 Å². The molecule has 0 fully saturated rings. The Morgan fingerprint density at radius 1 is 0.500 bits per heavy atom. The molecule has 0 aliphatic rings. The lowest BCUT2D eigenvalue weighted by molar-refractivity contribution is -0.144. The van der Waals surface area contributed by atoms with Crippen LogP contribution in [-0.2, 0) is 47.9 Å². The maximum absolute atomic E-state index is 13.1. The minimum absolute atomic E-state index is 0.105. The van der Waals surface area contributed by atoms with Gasteiger partial charge < -0.3 is 63.6 Å². The van der Waals surface area contributed by atoms with E-state index in [9.17, 15) is 63.3 Å². The summed E-state index contributed by atoms with van der Waals surface area (Å²) >= 11 is 3.83. The van der Waals surface area contributed by atoms with Crippen LogP contribution in [0.1, 0.15) is 44.9 Å². The number of unbranched alkanes of at least 4 members (excludes halogenated alkanes) is 1. The van der Waals surface area contributed by atoms with E-state index in [0.29, 0.717) is 6.42 Å². The first-order valence-corrected chi connectivity index (χ1v) is 14.6. The smallest absolute Gasteiger partial charge is 0.327 e. The zero-order valence-electron chi connectivity index (χ0n) is 25.2. The van der Waals surface area contributed by atoms with E-state index in [1.807, 2.05) is 16.0 Å². The van der Waals surface area contributed by atoms with Crippen LogP contribution in [0.25, 0.3) is 0 Å². The fraction of sp³-hybridized carbons (Fsp3) is 0.600. The number of amides is 5. The molecule has 0 unspecified atom stereocenters. The van der Waals surface area contributed by atoms with E-state index in [0.717, 1.165) is 0 Å². The van der Waals surface area contributed by atoms with Gasteiger partial charge in [-0.3, -0.25) is 43.2 Å². The highest BCUT2D eigenvalue weighted by Gasteiger charge is 2.35. The van der Waals surface area contributed by atoms with Crippen molar-refractivity contribution in [3.63, 3.8) is 0 Å². The number of carboxylic acid groups (broad SMARTS) is 5. The summed E-state index contributed by atoms with van der Waals surface area (Å²) in [6.07, 6.45) is -3.86. The molecule has 270 valence electrons. The van der Waals surface area contributed by atoms with E-state index in [-0.39, 0.29) is 25.1 Å². The van der Waals surface area contributed by atoms with E-state index >= 15 is 0 Å². The third kappa shape index (κ3) is 17.0. The zero-order chi connectivity index (χ0) is 37.1. The van der Waals surface area contributed by atoms with Crippen LogP contribution in [0.15, 0.2) is 0 Å². The summed E-state index contributed by atoms with van der Waals surface area (Å²) in [5, 5.41) is 55.9. The lowest BCUT2D eigenvalue weighted by Gasteiger charge is -2.26. The molecule has 0 aliphatic heterocycles. The molecular weight excluding hydrogens is 670 g/mol. The number of aliphatic carboxylic acids is 5. The van der Waals surface area contributed by atoms with Crippen LogP contribution in [0.3, 0.4) is 0 Å². The van der Waals surface area contributed by atoms with Crippen molar-refractivity contribution in [2.45, 2.75) is 81.2 Å². The van der Waals surface area contributed by atoms with Crippen LogP contribution in [0.2, 0.25) is 0 Å². The predicted molar refractivity (Wildman–Crippen MR) is 161 cm³/mol. The van der Waals surface area contributed by atoms with Crippen LogP contribution in [0.5, 0.6) is 0 Å². The highest BCUT2D eigenvalue weighted by molar-refractivity contribution is 7.80. The molecule has 22 nitrogen and oxygen atoms in total. The third-order valence-electron chi connectivity index (χ3n) is 6.14. The number of nitrogens with two attached hydrogens (primary N) is 2. The van der Waals surface area contributed by atoms with Crippen LogP contribution >= 0.6 is 12.6 Å². The van der Waals surface area contributed by atoms with Gasteiger partial charge in [-0.05, 0) is 25.8 Å². The molecule has 23 heteroatoms. The molecule has 48 heavy (non-hydrogen) atoms. The van der Waals surface area contributed by atoms with Gasteiger partial charge in [0, 0.05) is 5.75 Å². The molecule has 0 aromatic heterocycles. The van der Waals surface area contributed by atoms with Gasteiger partial charge in [0.05, 0.1) is 31.7 Å². The average Bonchev–Trinajstić information content (AvgIpc) is 2.96. The number of carbonyl (C=O) groups is 10. The number of hydrogen-bond donors (Lipinski definition) is 13. The predicted octanol–water partition coefficient (Wildman–Crippen LogP) is -5.22. The maximum atomic E-state index is 13.1. The molecule has 5 amide bonds. The Morgan fingerprint density at radius 3 is 1.17 bits per heavy atom. The van der Waals surface area contributed by atoms with Gasteiger partial charge in [-0.2, -0.15) is 12.6 Å². The van der Waals surface area contributed by atoms with Gasteiger partial charge in [0.1, 0.15) is 30.2 Å². The Hall–Kier alpha value is -5.03. The van der Waals surface area contributed by atoms with E-state index in [2.05, 4.69) is 23.3 Å². The van der Waals surface area contributed by atoms with Crippen molar-refractivity contribution in [2.24, 2.45) is 11.5 Å². The number of carboxylic acids is 5. The lowest BCUT2D eigenvalue weighted by atomic mass is 10.1. The zero-order valence-corrected chi connectivity index (χ0v) is 26.1.